The van der Waals surface area contributed by atoms with Crippen LogP contribution in [0, 0.1) is 0 Å². The van der Waals surface area contributed by atoms with E-state index in [0.29, 0.717) is 0 Å². The summed E-state index contributed by atoms with van der Waals surface area (Å²) in [4.78, 5) is 13.9. The summed E-state index contributed by atoms with van der Waals surface area (Å²) in [6.45, 7) is 3.63. The van der Waals surface area contributed by atoms with Gasteiger partial charge >= 0.3 is 6.41 Å². The van der Waals surface area contributed by atoms with E-state index in [4.69, 9.17) is 0 Å². The smallest absolute Gasteiger partial charge is 0.312 e. The largest absolute Gasteiger partial charge is 0.332 e. The second kappa shape index (κ2) is 2.82. The summed E-state index contributed by atoms with van der Waals surface area (Å²) in [5.74, 6) is 0. The molecular formula is C6H11N2O. The van der Waals surface area contributed by atoms with Gasteiger partial charge in [0.2, 0.25) is 0 Å². The molecule has 3 nitrogen and oxygen atoms in total. The zero-order valence-electron chi connectivity index (χ0n) is 5.63. The van der Waals surface area contributed by atoms with Crippen molar-refractivity contribution in [1.82, 2.24) is 9.80 Å². The van der Waals surface area contributed by atoms with E-state index in [9.17, 15) is 4.79 Å². The maximum absolute atomic E-state index is 10.0. The molecule has 0 aliphatic carbocycles. The van der Waals surface area contributed by atoms with Gasteiger partial charge in [-0.05, 0) is 7.05 Å². The molecule has 0 aromatic rings. The van der Waals surface area contributed by atoms with Crippen LogP contribution in [0.4, 0.5) is 0 Å². The molecule has 0 aromatic carbocycles. The minimum absolute atomic E-state index is 0.833. The monoisotopic (exact) mass is 127 g/mol. The Hall–Kier alpha value is -0.570. The number of hydrogen-bond acceptors (Lipinski definition) is 2. The van der Waals surface area contributed by atoms with Crippen molar-refractivity contribution in [3.8, 4) is 0 Å². The Labute approximate surface area is 55.2 Å². The van der Waals surface area contributed by atoms with Crippen LogP contribution in [-0.4, -0.2) is 49.4 Å². The zero-order chi connectivity index (χ0) is 6.69. The van der Waals surface area contributed by atoms with Gasteiger partial charge in [-0.15, -0.1) is 0 Å². The highest BCUT2D eigenvalue weighted by molar-refractivity contribution is 5.48. The molecule has 0 unspecified atom stereocenters. The molecule has 0 N–H and O–H groups in total. The van der Waals surface area contributed by atoms with Crippen molar-refractivity contribution in [2.75, 3.05) is 33.2 Å². The predicted molar refractivity (Wildman–Crippen MR) is 34.8 cm³/mol. The van der Waals surface area contributed by atoms with Crippen LogP contribution in [0.5, 0.6) is 0 Å². The van der Waals surface area contributed by atoms with Gasteiger partial charge in [-0.3, -0.25) is 4.79 Å². The normalized spacial score (nSPS) is 22.1. The van der Waals surface area contributed by atoms with Gasteiger partial charge in [0, 0.05) is 26.2 Å². The van der Waals surface area contributed by atoms with Crippen LogP contribution >= 0.6 is 0 Å². The number of rotatable bonds is 1. The van der Waals surface area contributed by atoms with Gasteiger partial charge in [-0.1, -0.05) is 0 Å². The Kier molecular flexibility index (Phi) is 2.05. The second-order valence-electron chi connectivity index (χ2n) is 2.38. The summed E-state index contributed by atoms with van der Waals surface area (Å²) in [5, 5.41) is 0. The van der Waals surface area contributed by atoms with Gasteiger partial charge in [0.15, 0.2) is 0 Å². The Morgan fingerprint density at radius 3 is 2.22 bits per heavy atom. The van der Waals surface area contributed by atoms with E-state index in [2.05, 4.69) is 11.9 Å². The first-order valence-electron chi connectivity index (χ1n) is 3.14. The summed E-state index contributed by atoms with van der Waals surface area (Å²) < 4.78 is 0. The van der Waals surface area contributed by atoms with Gasteiger partial charge in [0.25, 0.3) is 0 Å². The Morgan fingerprint density at radius 1 is 1.22 bits per heavy atom. The first-order valence-corrected chi connectivity index (χ1v) is 3.14. The molecule has 9 heavy (non-hydrogen) atoms. The third kappa shape index (κ3) is 1.68. The molecule has 0 atom stereocenters. The van der Waals surface area contributed by atoms with Crippen molar-refractivity contribution in [3.63, 3.8) is 0 Å². The molecule has 0 saturated carbocycles. The van der Waals surface area contributed by atoms with Crippen LogP contribution in [0.15, 0.2) is 0 Å². The highest BCUT2D eigenvalue weighted by Gasteiger charge is 2.11. The minimum Gasteiger partial charge on any atom is -0.332 e. The SMILES string of the molecule is CN1CCN([C]=O)CC1. The number of carbonyl (C=O) groups excluding carboxylic acids is 1. The van der Waals surface area contributed by atoms with Crippen molar-refractivity contribution < 1.29 is 4.79 Å². The average molecular weight is 127 g/mol. The van der Waals surface area contributed by atoms with Crippen LogP contribution in [0.2, 0.25) is 0 Å². The van der Waals surface area contributed by atoms with Gasteiger partial charge in [0.1, 0.15) is 0 Å². The molecule has 1 saturated heterocycles. The third-order valence-electron chi connectivity index (χ3n) is 1.63. The molecule has 1 aliphatic rings. The maximum Gasteiger partial charge on any atom is 0.312 e. The summed E-state index contributed by atoms with van der Waals surface area (Å²) in [6, 6.07) is 0. The van der Waals surface area contributed by atoms with Crippen LogP contribution in [-0.2, 0) is 4.79 Å². The summed E-state index contributed by atoms with van der Waals surface area (Å²) in [5.41, 5.74) is 0. The fraction of sp³-hybridized carbons (Fsp3) is 0.833. The van der Waals surface area contributed by atoms with Crippen molar-refractivity contribution in [2.45, 2.75) is 0 Å². The van der Waals surface area contributed by atoms with Crippen LogP contribution in [0.1, 0.15) is 0 Å². The first kappa shape index (κ1) is 6.55. The predicted octanol–water partition coefficient (Wildman–Crippen LogP) is -0.699. The van der Waals surface area contributed by atoms with Gasteiger partial charge in [0.05, 0.1) is 0 Å². The molecule has 0 aromatic heterocycles. The van der Waals surface area contributed by atoms with Gasteiger partial charge in [-0.25, -0.2) is 0 Å². The molecular weight excluding hydrogens is 116 g/mol. The quantitative estimate of drug-likeness (QED) is 0.465. The lowest BCUT2D eigenvalue weighted by Crippen LogP contribution is -2.43. The van der Waals surface area contributed by atoms with Crippen LogP contribution < -0.4 is 0 Å². The van der Waals surface area contributed by atoms with E-state index < -0.39 is 0 Å². The number of nitrogens with zero attached hydrogens (tertiary/aromatic N) is 2. The number of amides is 1. The molecule has 51 valence electrons. The average Bonchev–Trinajstić information content (AvgIpc) is 1.90. The third-order valence-corrected chi connectivity index (χ3v) is 1.63. The molecule has 1 amide bonds. The van der Waals surface area contributed by atoms with E-state index in [1.54, 1.807) is 4.90 Å². The Morgan fingerprint density at radius 2 is 1.78 bits per heavy atom. The first-order chi connectivity index (χ1) is 4.33. The number of hydrogen-bond donors (Lipinski definition) is 0. The van der Waals surface area contributed by atoms with Gasteiger partial charge in [-0.2, -0.15) is 0 Å². The van der Waals surface area contributed by atoms with Crippen molar-refractivity contribution in [1.29, 1.82) is 0 Å². The fourth-order valence-corrected chi connectivity index (χ4v) is 0.898. The van der Waals surface area contributed by atoms with Crippen LogP contribution in [0.3, 0.4) is 0 Å². The van der Waals surface area contributed by atoms with E-state index in [0.717, 1.165) is 26.2 Å². The topological polar surface area (TPSA) is 23.6 Å². The summed E-state index contributed by atoms with van der Waals surface area (Å²) >= 11 is 0. The van der Waals surface area contributed by atoms with E-state index in [-0.39, 0.29) is 0 Å². The fourth-order valence-electron chi connectivity index (χ4n) is 0.898. The molecule has 1 heterocycles. The highest BCUT2D eigenvalue weighted by Crippen LogP contribution is 1.94. The highest BCUT2D eigenvalue weighted by atomic mass is 16.1. The molecule has 1 radical (unpaired) electrons. The van der Waals surface area contributed by atoms with Crippen molar-refractivity contribution >= 4 is 6.41 Å². The number of likely N-dealkylation sites (N-methyl/N-ethyl adjacent to an activating group) is 1. The van der Waals surface area contributed by atoms with E-state index in [1.165, 1.54) is 0 Å². The lowest BCUT2D eigenvalue weighted by Gasteiger charge is -2.28. The Balaban J connectivity index is 2.26. The maximum atomic E-state index is 10.0. The lowest BCUT2D eigenvalue weighted by molar-refractivity contribution is 0.210. The molecule has 0 bridgehead atoms. The van der Waals surface area contributed by atoms with Crippen LogP contribution in [0.25, 0.3) is 0 Å². The molecule has 1 fully saturated rings. The molecule has 1 rings (SSSR count). The second-order valence-corrected chi connectivity index (χ2v) is 2.38. The molecule has 0 spiro atoms. The van der Waals surface area contributed by atoms with Gasteiger partial charge < -0.3 is 9.80 Å². The van der Waals surface area contributed by atoms with Crippen molar-refractivity contribution in [3.05, 3.63) is 0 Å². The Bertz CT molecular complexity index is 97.2. The summed E-state index contributed by atoms with van der Waals surface area (Å²) in [7, 11) is 2.06. The minimum atomic E-state index is 0.833. The molecule has 1 aliphatic heterocycles. The zero-order valence-corrected chi connectivity index (χ0v) is 5.63. The van der Waals surface area contributed by atoms with E-state index >= 15 is 0 Å². The lowest BCUT2D eigenvalue weighted by atomic mass is 10.4. The summed E-state index contributed by atoms with van der Waals surface area (Å²) in [6.07, 6.45) is 1.88. The molecule has 3 heteroatoms. The van der Waals surface area contributed by atoms with Crippen molar-refractivity contribution in [2.24, 2.45) is 0 Å². The van der Waals surface area contributed by atoms with E-state index in [1.807, 2.05) is 6.41 Å². The number of piperazine rings is 1. The standard InChI is InChI=1S/C6H11N2O/c1-7-2-4-8(6-9)5-3-7/h2-5H2,1H3.